The summed E-state index contributed by atoms with van der Waals surface area (Å²) in [5.74, 6) is 1.03. The first-order chi connectivity index (χ1) is 10.0. The second-order valence-corrected chi connectivity index (χ2v) is 5.01. The number of nitrogens with one attached hydrogen (secondary N) is 1. The van der Waals surface area contributed by atoms with Gasteiger partial charge in [-0.2, -0.15) is 0 Å². The number of aromatic nitrogens is 2. The van der Waals surface area contributed by atoms with Crippen LogP contribution in [0.15, 0.2) is 35.4 Å². The molecular weight excluding hydrogens is 268 g/mol. The van der Waals surface area contributed by atoms with Crippen molar-refractivity contribution in [3.05, 3.63) is 46.5 Å². The van der Waals surface area contributed by atoms with Crippen LogP contribution in [0.5, 0.6) is 5.75 Å². The van der Waals surface area contributed by atoms with E-state index in [4.69, 9.17) is 10.5 Å². The highest BCUT2D eigenvalue weighted by Gasteiger charge is 2.09. The van der Waals surface area contributed by atoms with Crippen LogP contribution in [-0.4, -0.2) is 16.7 Å². The van der Waals surface area contributed by atoms with Crippen molar-refractivity contribution < 1.29 is 4.74 Å². The van der Waals surface area contributed by atoms with Crippen molar-refractivity contribution in [2.45, 2.75) is 26.4 Å². The molecule has 0 radical (unpaired) electrons. The maximum atomic E-state index is 12.2. The fraction of sp³-hybridized carbons (Fsp3) is 0.333. The number of nitrogens with two attached hydrogens (primary N) is 1. The number of rotatable bonds is 5. The topological polar surface area (TPSA) is 82.2 Å². The van der Waals surface area contributed by atoms with Crippen LogP contribution < -0.4 is 21.3 Å². The van der Waals surface area contributed by atoms with Gasteiger partial charge < -0.3 is 20.4 Å². The first kappa shape index (κ1) is 14.9. The molecule has 21 heavy (non-hydrogen) atoms. The lowest BCUT2D eigenvalue weighted by Gasteiger charge is -2.13. The van der Waals surface area contributed by atoms with Gasteiger partial charge >= 0.3 is 0 Å². The molecule has 0 saturated carbocycles. The molecule has 0 aliphatic rings. The standard InChI is InChI=1S/C15H20N4O2/c1-10(2)19-7-6-17-14(15(19)20)18-9-11-8-12(16)4-5-13(11)21-3/h4-8,10H,9,16H2,1-3H3,(H,17,18). The third kappa shape index (κ3) is 3.34. The minimum Gasteiger partial charge on any atom is -0.496 e. The SMILES string of the molecule is COc1ccc(N)cc1CNc1nccn(C(C)C)c1=O. The molecule has 0 aliphatic heterocycles. The predicted molar refractivity (Wildman–Crippen MR) is 83.6 cm³/mol. The Labute approximate surface area is 123 Å². The van der Waals surface area contributed by atoms with Crippen LogP contribution in [0, 0.1) is 0 Å². The van der Waals surface area contributed by atoms with Gasteiger partial charge in [-0.05, 0) is 32.0 Å². The van der Waals surface area contributed by atoms with E-state index in [9.17, 15) is 4.79 Å². The Morgan fingerprint density at radius 3 is 2.86 bits per heavy atom. The van der Waals surface area contributed by atoms with Crippen molar-refractivity contribution >= 4 is 11.5 Å². The Bertz CT molecular complexity index is 680. The van der Waals surface area contributed by atoms with E-state index in [2.05, 4.69) is 10.3 Å². The van der Waals surface area contributed by atoms with Gasteiger partial charge in [0.05, 0.1) is 7.11 Å². The number of hydrogen-bond donors (Lipinski definition) is 2. The third-order valence-corrected chi connectivity index (χ3v) is 3.18. The summed E-state index contributed by atoms with van der Waals surface area (Å²) in [6.45, 7) is 4.32. The van der Waals surface area contributed by atoms with Crippen molar-refractivity contribution in [2.75, 3.05) is 18.2 Å². The smallest absolute Gasteiger partial charge is 0.293 e. The number of anilines is 2. The molecule has 0 fully saturated rings. The normalized spacial score (nSPS) is 10.7. The zero-order valence-electron chi connectivity index (χ0n) is 12.5. The molecule has 0 aliphatic carbocycles. The highest BCUT2D eigenvalue weighted by Crippen LogP contribution is 2.21. The zero-order valence-corrected chi connectivity index (χ0v) is 12.5. The fourth-order valence-electron chi connectivity index (χ4n) is 2.07. The van der Waals surface area contributed by atoms with E-state index in [0.29, 0.717) is 18.1 Å². The van der Waals surface area contributed by atoms with Crippen LogP contribution in [0.25, 0.3) is 0 Å². The van der Waals surface area contributed by atoms with Gasteiger partial charge in [0.2, 0.25) is 0 Å². The van der Waals surface area contributed by atoms with Crippen LogP contribution in [0.1, 0.15) is 25.5 Å². The summed E-state index contributed by atoms with van der Waals surface area (Å²) in [7, 11) is 1.60. The number of hydrogen-bond acceptors (Lipinski definition) is 5. The zero-order chi connectivity index (χ0) is 15.4. The lowest BCUT2D eigenvalue weighted by Crippen LogP contribution is -2.25. The lowest BCUT2D eigenvalue weighted by atomic mass is 10.2. The van der Waals surface area contributed by atoms with Gasteiger partial charge in [-0.3, -0.25) is 4.79 Å². The molecule has 0 atom stereocenters. The van der Waals surface area contributed by atoms with E-state index in [-0.39, 0.29) is 11.6 Å². The van der Waals surface area contributed by atoms with Gasteiger partial charge in [0.1, 0.15) is 5.75 Å². The number of methoxy groups -OCH3 is 1. The average molecular weight is 288 g/mol. The van der Waals surface area contributed by atoms with Gasteiger partial charge in [-0.1, -0.05) is 0 Å². The van der Waals surface area contributed by atoms with Crippen LogP contribution in [0.3, 0.4) is 0 Å². The Kier molecular flexibility index (Phi) is 4.47. The fourth-order valence-corrected chi connectivity index (χ4v) is 2.07. The molecule has 0 bridgehead atoms. The molecule has 0 saturated heterocycles. The molecule has 1 aromatic heterocycles. The van der Waals surface area contributed by atoms with E-state index in [1.54, 1.807) is 36.2 Å². The van der Waals surface area contributed by atoms with Crippen LogP contribution in [-0.2, 0) is 6.54 Å². The Balaban J connectivity index is 2.23. The Morgan fingerprint density at radius 1 is 1.43 bits per heavy atom. The van der Waals surface area contributed by atoms with Crippen molar-refractivity contribution in [2.24, 2.45) is 0 Å². The molecule has 0 amide bonds. The summed E-state index contributed by atoms with van der Waals surface area (Å²) in [6.07, 6.45) is 3.29. The van der Waals surface area contributed by atoms with Crippen molar-refractivity contribution in [1.29, 1.82) is 0 Å². The highest BCUT2D eigenvalue weighted by atomic mass is 16.5. The van der Waals surface area contributed by atoms with Crippen molar-refractivity contribution in [1.82, 2.24) is 9.55 Å². The van der Waals surface area contributed by atoms with E-state index < -0.39 is 0 Å². The van der Waals surface area contributed by atoms with E-state index in [1.165, 1.54) is 0 Å². The molecule has 1 aromatic carbocycles. The second kappa shape index (κ2) is 6.30. The van der Waals surface area contributed by atoms with E-state index in [0.717, 1.165) is 11.3 Å². The van der Waals surface area contributed by atoms with Gasteiger partial charge in [-0.25, -0.2) is 4.98 Å². The van der Waals surface area contributed by atoms with Crippen LogP contribution >= 0.6 is 0 Å². The van der Waals surface area contributed by atoms with Gasteiger partial charge in [0.25, 0.3) is 5.56 Å². The van der Waals surface area contributed by atoms with Gasteiger partial charge in [0, 0.05) is 36.2 Å². The number of nitrogens with zero attached hydrogens (tertiary/aromatic N) is 2. The number of benzene rings is 1. The van der Waals surface area contributed by atoms with E-state index in [1.807, 2.05) is 19.9 Å². The molecule has 2 aromatic rings. The summed E-state index contributed by atoms with van der Waals surface area (Å²) in [5, 5.41) is 3.05. The minimum atomic E-state index is -0.143. The summed E-state index contributed by atoms with van der Waals surface area (Å²) in [5.41, 5.74) is 7.16. The quantitative estimate of drug-likeness (QED) is 0.823. The summed E-state index contributed by atoms with van der Waals surface area (Å²) >= 11 is 0. The number of ether oxygens (including phenoxy) is 1. The first-order valence-corrected chi connectivity index (χ1v) is 6.76. The van der Waals surface area contributed by atoms with E-state index >= 15 is 0 Å². The van der Waals surface area contributed by atoms with Crippen LogP contribution in [0.2, 0.25) is 0 Å². The molecule has 6 heteroatoms. The van der Waals surface area contributed by atoms with Gasteiger partial charge in [0.15, 0.2) is 5.82 Å². The van der Waals surface area contributed by atoms with Crippen molar-refractivity contribution in [3.63, 3.8) is 0 Å². The largest absolute Gasteiger partial charge is 0.496 e. The van der Waals surface area contributed by atoms with Gasteiger partial charge in [-0.15, -0.1) is 0 Å². The first-order valence-electron chi connectivity index (χ1n) is 6.76. The average Bonchev–Trinajstić information content (AvgIpc) is 2.46. The molecule has 0 spiro atoms. The van der Waals surface area contributed by atoms with Crippen LogP contribution in [0.4, 0.5) is 11.5 Å². The Hall–Kier alpha value is -2.50. The Morgan fingerprint density at radius 2 is 2.19 bits per heavy atom. The molecule has 2 rings (SSSR count). The molecule has 3 N–H and O–H groups in total. The maximum absolute atomic E-state index is 12.2. The molecule has 1 heterocycles. The molecule has 6 nitrogen and oxygen atoms in total. The monoisotopic (exact) mass is 288 g/mol. The minimum absolute atomic E-state index is 0.0861. The predicted octanol–water partition coefficient (Wildman–Crippen LogP) is 2.03. The summed E-state index contributed by atoms with van der Waals surface area (Å²) in [4.78, 5) is 16.3. The lowest BCUT2D eigenvalue weighted by molar-refractivity contribution is 0.410. The van der Waals surface area contributed by atoms with Crippen molar-refractivity contribution in [3.8, 4) is 5.75 Å². The highest BCUT2D eigenvalue weighted by molar-refractivity contribution is 5.49. The molecular formula is C15H20N4O2. The summed E-state index contributed by atoms with van der Waals surface area (Å²) in [6, 6.07) is 5.48. The second-order valence-electron chi connectivity index (χ2n) is 5.01. The maximum Gasteiger partial charge on any atom is 0.293 e. The third-order valence-electron chi connectivity index (χ3n) is 3.18. The molecule has 0 unspecified atom stereocenters. The summed E-state index contributed by atoms with van der Waals surface area (Å²) < 4.78 is 6.91. The number of nitrogen functional groups attached to an aromatic ring is 1. The molecule has 112 valence electrons.